The molecule has 1 fully saturated rings. The van der Waals surface area contributed by atoms with Crippen molar-refractivity contribution in [2.45, 2.75) is 24.6 Å². The van der Waals surface area contributed by atoms with E-state index in [-0.39, 0.29) is 30.4 Å². The maximum Gasteiger partial charge on any atom is 0.416 e. The van der Waals surface area contributed by atoms with Gasteiger partial charge in [-0.25, -0.2) is 0 Å². The molecule has 0 N–H and O–H groups in total. The molecule has 0 radical (unpaired) electrons. The van der Waals surface area contributed by atoms with Gasteiger partial charge in [0.1, 0.15) is 5.56 Å². The van der Waals surface area contributed by atoms with Crippen molar-refractivity contribution in [3.8, 4) is 0 Å². The topological polar surface area (TPSA) is 83.8 Å². The number of carbonyl (C=O) groups excluding carboxylic acids is 2. The molecule has 0 bridgehead atoms. The van der Waals surface area contributed by atoms with Crippen LogP contribution in [0.4, 0.5) is 18.9 Å². The van der Waals surface area contributed by atoms with Crippen LogP contribution in [0.2, 0.25) is 15.1 Å². The molecule has 4 rings (SSSR count). The largest absolute Gasteiger partial charge is 0.416 e. The predicted molar refractivity (Wildman–Crippen MR) is 145 cm³/mol. The van der Waals surface area contributed by atoms with E-state index in [9.17, 15) is 32.9 Å². The number of alkyl halides is 3. The third-order valence-corrected chi connectivity index (χ3v) is 7.89. The molecule has 7 nitrogen and oxygen atoms in total. The fraction of sp³-hybridized carbons (Fsp3) is 0.259. The Balaban J connectivity index is 1.68. The first kappa shape index (κ1) is 29.6. The molecular weight excluding hydrogens is 594 g/mol. The molecule has 13 heteroatoms. The van der Waals surface area contributed by atoms with Crippen molar-refractivity contribution >= 4 is 52.3 Å². The Morgan fingerprint density at radius 1 is 1.00 bits per heavy atom. The second kappa shape index (κ2) is 11.6. The molecule has 0 aliphatic carbocycles. The molecule has 0 aromatic heterocycles. The Morgan fingerprint density at radius 3 is 2.27 bits per heavy atom. The highest BCUT2D eigenvalue weighted by atomic mass is 35.5. The van der Waals surface area contributed by atoms with Crippen molar-refractivity contribution in [3.63, 3.8) is 0 Å². The monoisotopic (exact) mass is 613 g/mol. The molecular formula is C27H21Cl3F3N3O4. The highest BCUT2D eigenvalue weighted by molar-refractivity contribution is 6.42. The third kappa shape index (κ3) is 6.19. The first-order valence-corrected chi connectivity index (χ1v) is 13.0. The van der Waals surface area contributed by atoms with E-state index in [1.807, 2.05) is 0 Å². The quantitative estimate of drug-likeness (QED) is 0.222. The van der Waals surface area contributed by atoms with E-state index >= 15 is 0 Å². The summed E-state index contributed by atoms with van der Waals surface area (Å²) >= 11 is 18.3. The molecule has 210 valence electrons. The van der Waals surface area contributed by atoms with Crippen LogP contribution in [-0.4, -0.2) is 52.7 Å². The highest BCUT2D eigenvalue weighted by Crippen LogP contribution is 2.37. The number of likely N-dealkylation sites (tertiary alicyclic amines) is 1. The smallest absolute Gasteiger partial charge is 0.338 e. The minimum atomic E-state index is -4.81. The van der Waals surface area contributed by atoms with Crippen LogP contribution < -0.4 is 0 Å². The zero-order valence-corrected chi connectivity index (χ0v) is 23.1. The molecule has 1 saturated heterocycles. The van der Waals surface area contributed by atoms with Crippen LogP contribution in [0.15, 0.2) is 60.7 Å². The SMILES string of the molecule is CN(C(=O)c1ccc(Cl)cc1)[C@@H]1CCN(C(=O)c2ccc(C(F)(F)F)cc2[N+](=O)[O-])C[C@H]1c1ccc(Cl)c(Cl)c1. The molecule has 1 aliphatic rings. The summed E-state index contributed by atoms with van der Waals surface area (Å²) in [5.74, 6) is -1.58. The van der Waals surface area contributed by atoms with Crippen LogP contribution in [0.3, 0.4) is 0 Å². The van der Waals surface area contributed by atoms with Gasteiger partial charge in [-0.3, -0.25) is 19.7 Å². The summed E-state index contributed by atoms with van der Waals surface area (Å²) in [5, 5.41) is 12.6. The number of nitro benzene ring substituents is 1. The highest BCUT2D eigenvalue weighted by Gasteiger charge is 2.39. The Bertz CT molecular complexity index is 1470. The third-order valence-electron chi connectivity index (χ3n) is 6.90. The van der Waals surface area contributed by atoms with E-state index in [0.29, 0.717) is 33.3 Å². The maximum atomic E-state index is 13.4. The second-order valence-corrected chi connectivity index (χ2v) is 10.5. The number of halogens is 6. The van der Waals surface area contributed by atoms with Gasteiger partial charge in [0, 0.05) is 48.7 Å². The standard InChI is InChI=1S/C27H21Cl3F3N3O4/c1-34(25(37)15-2-6-18(28)7-3-15)23-10-11-35(14-20(23)16-4-9-21(29)22(30)12-16)26(38)19-8-5-17(27(31,32)33)13-24(19)36(39)40/h2-9,12-13,20,23H,10-11,14H2,1H3/t20-,23+/m0/s1. The number of carbonyl (C=O) groups is 2. The first-order chi connectivity index (χ1) is 18.8. The van der Waals surface area contributed by atoms with E-state index in [1.165, 1.54) is 4.90 Å². The van der Waals surface area contributed by atoms with Gasteiger partial charge in [0.15, 0.2) is 0 Å². The molecule has 1 aliphatic heterocycles. The number of amides is 2. The molecule has 0 spiro atoms. The molecule has 2 atom stereocenters. The molecule has 0 unspecified atom stereocenters. The Kier molecular flexibility index (Phi) is 8.63. The summed E-state index contributed by atoms with van der Waals surface area (Å²) in [7, 11) is 1.63. The number of piperidine rings is 1. The average Bonchev–Trinajstić information content (AvgIpc) is 2.92. The van der Waals surface area contributed by atoms with Crippen molar-refractivity contribution in [1.29, 1.82) is 0 Å². The van der Waals surface area contributed by atoms with Crippen LogP contribution in [-0.2, 0) is 6.18 Å². The number of benzene rings is 3. The van der Waals surface area contributed by atoms with E-state index in [2.05, 4.69) is 0 Å². The average molecular weight is 615 g/mol. The van der Waals surface area contributed by atoms with Crippen LogP contribution >= 0.6 is 34.8 Å². The lowest BCUT2D eigenvalue weighted by molar-refractivity contribution is -0.385. The van der Waals surface area contributed by atoms with E-state index in [0.717, 1.165) is 6.07 Å². The van der Waals surface area contributed by atoms with Crippen molar-refractivity contribution in [2.24, 2.45) is 0 Å². The van der Waals surface area contributed by atoms with Gasteiger partial charge in [-0.05, 0) is 60.5 Å². The Morgan fingerprint density at radius 2 is 1.68 bits per heavy atom. The van der Waals surface area contributed by atoms with Crippen LogP contribution in [0.25, 0.3) is 0 Å². The lowest BCUT2D eigenvalue weighted by atomic mass is 9.84. The fourth-order valence-corrected chi connectivity index (χ4v) is 5.25. The molecule has 3 aromatic carbocycles. The number of nitrogens with zero attached hydrogens (tertiary/aromatic N) is 3. The van der Waals surface area contributed by atoms with Gasteiger partial charge in [0.2, 0.25) is 0 Å². The molecule has 40 heavy (non-hydrogen) atoms. The summed E-state index contributed by atoms with van der Waals surface area (Å²) in [6, 6.07) is 12.7. The second-order valence-electron chi connectivity index (χ2n) is 9.30. The van der Waals surface area contributed by atoms with Crippen LogP contribution in [0, 0.1) is 10.1 Å². The first-order valence-electron chi connectivity index (χ1n) is 11.9. The van der Waals surface area contributed by atoms with E-state index < -0.39 is 45.8 Å². The van der Waals surface area contributed by atoms with Crippen molar-refractivity contribution in [2.75, 3.05) is 20.1 Å². The molecule has 3 aromatic rings. The predicted octanol–water partition coefficient (Wildman–Crippen LogP) is 7.34. The van der Waals surface area contributed by atoms with Gasteiger partial charge >= 0.3 is 6.18 Å². The van der Waals surface area contributed by atoms with Gasteiger partial charge < -0.3 is 9.80 Å². The van der Waals surface area contributed by atoms with Gasteiger partial charge in [-0.2, -0.15) is 13.2 Å². The molecule has 2 amide bonds. The van der Waals surface area contributed by atoms with Crippen LogP contribution in [0.1, 0.15) is 44.2 Å². The van der Waals surface area contributed by atoms with Crippen LogP contribution in [0.5, 0.6) is 0 Å². The minimum absolute atomic E-state index is 0.0118. The van der Waals surface area contributed by atoms with Crippen molar-refractivity contribution in [3.05, 3.63) is 108 Å². The lowest BCUT2D eigenvalue weighted by Gasteiger charge is -2.43. The zero-order valence-electron chi connectivity index (χ0n) is 20.8. The normalized spacial score (nSPS) is 17.4. The summed E-state index contributed by atoms with van der Waals surface area (Å²) in [6.07, 6.45) is -4.54. The Labute approximate surface area is 242 Å². The minimum Gasteiger partial charge on any atom is -0.338 e. The van der Waals surface area contributed by atoms with Gasteiger partial charge in [0.05, 0.1) is 20.5 Å². The van der Waals surface area contributed by atoms with Crippen molar-refractivity contribution in [1.82, 2.24) is 9.80 Å². The number of nitro groups is 1. The number of rotatable bonds is 5. The summed E-state index contributed by atoms with van der Waals surface area (Å²) < 4.78 is 39.5. The summed E-state index contributed by atoms with van der Waals surface area (Å²) in [6.45, 7) is 0.107. The number of likely N-dealkylation sites (N-methyl/N-ethyl adjacent to an activating group) is 1. The van der Waals surface area contributed by atoms with Gasteiger partial charge in [-0.15, -0.1) is 0 Å². The number of hydrogen-bond donors (Lipinski definition) is 0. The van der Waals surface area contributed by atoms with Crippen molar-refractivity contribution < 1.29 is 27.7 Å². The van der Waals surface area contributed by atoms with Gasteiger partial charge in [-0.1, -0.05) is 40.9 Å². The van der Waals surface area contributed by atoms with Gasteiger partial charge in [0.25, 0.3) is 17.5 Å². The lowest BCUT2D eigenvalue weighted by Crippen LogP contribution is -2.52. The summed E-state index contributed by atoms with van der Waals surface area (Å²) in [4.78, 5) is 40.2. The zero-order chi connectivity index (χ0) is 29.4. The maximum absolute atomic E-state index is 13.4. The van der Waals surface area contributed by atoms with E-state index in [4.69, 9.17) is 34.8 Å². The van der Waals surface area contributed by atoms with E-state index in [1.54, 1.807) is 54.4 Å². The Hall–Kier alpha value is -3.34. The number of hydrogen-bond acceptors (Lipinski definition) is 4. The molecule has 0 saturated carbocycles. The fourth-order valence-electron chi connectivity index (χ4n) is 4.82. The molecule has 1 heterocycles. The summed E-state index contributed by atoms with van der Waals surface area (Å²) in [5.41, 5.74) is -1.57.